The minimum Gasteiger partial charge on any atom is -0.399 e. The van der Waals surface area contributed by atoms with Crippen LogP contribution in [0, 0.1) is 5.92 Å². The van der Waals surface area contributed by atoms with Gasteiger partial charge in [-0.25, -0.2) is 0 Å². The van der Waals surface area contributed by atoms with Crippen LogP contribution in [-0.2, 0) is 4.79 Å². The van der Waals surface area contributed by atoms with Gasteiger partial charge in [0.15, 0.2) is 0 Å². The summed E-state index contributed by atoms with van der Waals surface area (Å²) in [7, 11) is 0. The molecule has 0 bridgehead atoms. The molecule has 1 aromatic rings. The summed E-state index contributed by atoms with van der Waals surface area (Å²) in [4.78, 5) is 13.1. The SMILES string of the molecule is NC(=O)C1CCN(CC(O)c2cccc(N)c2)C1. The van der Waals surface area contributed by atoms with Crippen molar-refractivity contribution in [1.82, 2.24) is 4.90 Å². The predicted octanol–water partition coefficient (Wildman–Crippen LogP) is 0.109. The highest BCUT2D eigenvalue weighted by Gasteiger charge is 2.27. The quantitative estimate of drug-likeness (QED) is 0.660. The lowest BCUT2D eigenvalue weighted by molar-refractivity contribution is -0.121. The largest absolute Gasteiger partial charge is 0.399 e. The van der Waals surface area contributed by atoms with Crippen molar-refractivity contribution in [2.24, 2.45) is 11.7 Å². The minimum atomic E-state index is -0.583. The van der Waals surface area contributed by atoms with E-state index in [0.717, 1.165) is 18.5 Å². The number of carbonyl (C=O) groups excluding carboxylic acids is 1. The maximum absolute atomic E-state index is 11.1. The fourth-order valence-corrected chi connectivity index (χ4v) is 2.35. The van der Waals surface area contributed by atoms with Gasteiger partial charge in [0.05, 0.1) is 12.0 Å². The van der Waals surface area contributed by atoms with E-state index in [1.807, 2.05) is 12.1 Å². The summed E-state index contributed by atoms with van der Waals surface area (Å²) in [6.45, 7) is 1.94. The molecule has 1 amide bonds. The number of primary amides is 1. The number of nitrogens with zero attached hydrogens (tertiary/aromatic N) is 1. The first-order valence-corrected chi connectivity index (χ1v) is 6.11. The van der Waals surface area contributed by atoms with E-state index in [1.165, 1.54) is 0 Å². The number of β-amino-alcohol motifs (C(OH)–C–C–N with tert-alkyl or cyclic N) is 1. The Bertz CT molecular complexity index is 436. The number of rotatable bonds is 4. The normalized spacial score (nSPS) is 21.9. The Balaban J connectivity index is 1.92. The topological polar surface area (TPSA) is 92.6 Å². The number of likely N-dealkylation sites (tertiary alicyclic amines) is 1. The zero-order valence-corrected chi connectivity index (χ0v) is 10.2. The van der Waals surface area contributed by atoms with E-state index < -0.39 is 6.10 Å². The Morgan fingerprint density at radius 3 is 2.94 bits per heavy atom. The van der Waals surface area contributed by atoms with Crippen molar-refractivity contribution in [3.8, 4) is 0 Å². The molecule has 0 saturated carbocycles. The van der Waals surface area contributed by atoms with E-state index in [1.54, 1.807) is 12.1 Å². The molecule has 18 heavy (non-hydrogen) atoms. The van der Waals surface area contributed by atoms with Crippen molar-refractivity contribution in [3.63, 3.8) is 0 Å². The monoisotopic (exact) mass is 249 g/mol. The van der Waals surface area contributed by atoms with Crippen LogP contribution < -0.4 is 11.5 Å². The molecule has 2 unspecified atom stereocenters. The van der Waals surface area contributed by atoms with Crippen LogP contribution in [0.3, 0.4) is 0 Å². The van der Waals surface area contributed by atoms with Crippen LogP contribution in [0.4, 0.5) is 5.69 Å². The molecule has 1 aliphatic heterocycles. The van der Waals surface area contributed by atoms with Gasteiger partial charge in [0, 0.05) is 18.8 Å². The van der Waals surface area contributed by atoms with Crippen molar-refractivity contribution >= 4 is 11.6 Å². The molecule has 0 radical (unpaired) electrons. The van der Waals surface area contributed by atoms with Gasteiger partial charge in [0.2, 0.25) is 5.91 Å². The van der Waals surface area contributed by atoms with Crippen LogP contribution in [0.2, 0.25) is 0 Å². The van der Waals surface area contributed by atoms with Gasteiger partial charge in [-0.1, -0.05) is 12.1 Å². The van der Waals surface area contributed by atoms with E-state index in [2.05, 4.69) is 4.90 Å². The first-order valence-electron chi connectivity index (χ1n) is 6.11. The van der Waals surface area contributed by atoms with E-state index in [0.29, 0.717) is 18.8 Å². The number of hydrogen-bond donors (Lipinski definition) is 3. The summed E-state index contributed by atoms with van der Waals surface area (Å²) < 4.78 is 0. The summed E-state index contributed by atoms with van der Waals surface area (Å²) in [6, 6.07) is 7.23. The Kier molecular flexibility index (Phi) is 3.84. The lowest BCUT2D eigenvalue weighted by atomic mass is 10.1. The Morgan fingerprint density at radius 2 is 2.33 bits per heavy atom. The second-order valence-electron chi connectivity index (χ2n) is 4.83. The van der Waals surface area contributed by atoms with Crippen LogP contribution in [0.5, 0.6) is 0 Å². The highest BCUT2D eigenvalue weighted by Crippen LogP contribution is 2.21. The molecule has 2 rings (SSSR count). The maximum atomic E-state index is 11.1. The molecule has 1 saturated heterocycles. The predicted molar refractivity (Wildman–Crippen MR) is 69.6 cm³/mol. The molecule has 5 heteroatoms. The molecule has 98 valence electrons. The number of anilines is 1. The number of aliphatic hydroxyl groups excluding tert-OH is 1. The molecule has 0 aliphatic carbocycles. The number of nitrogens with two attached hydrogens (primary N) is 2. The van der Waals surface area contributed by atoms with Crippen molar-refractivity contribution in [1.29, 1.82) is 0 Å². The number of carbonyl (C=O) groups is 1. The van der Waals surface area contributed by atoms with Crippen LogP contribution >= 0.6 is 0 Å². The average Bonchev–Trinajstić information content (AvgIpc) is 2.77. The number of nitrogen functional groups attached to an aromatic ring is 1. The van der Waals surface area contributed by atoms with Gasteiger partial charge in [-0.15, -0.1) is 0 Å². The molecular formula is C13H19N3O2. The highest BCUT2D eigenvalue weighted by atomic mass is 16.3. The number of hydrogen-bond acceptors (Lipinski definition) is 4. The maximum Gasteiger partial charge on any atom is 0.221 e. The summed E-state index contributed by atoms with van der Waals surface area (Å²) in [5.41, 5.74) is 12.4. The first kappa shape index (κ1) is 12.9. The summed E-state index contributed by atoms with van der Waals surface area (Å²) in [6.07, 6.45) is 0.194. The molecule has 0 spiro atoms. The van der Waals surface area contributed by atoms with Crippen LogP contribution in [-0.4, -0.2) is 35.5 Å². The number of benzene rings is 1. The summed E-state index contributed by atoms with van der Waals surface area (Å²) in [5.74, 6) is -0.339. The molecule has 5 N–H and O–H groups in total. The Morgan fingerprint density at radius 1 is 1.56 bits per heavy atom. The molecule has 0 aromatic heterocycles. The molecule has 1 aliphatic rings. The average molecular weight is 249 g/mol. The van der Waals surface area contributed by atoms with Crippen molar-refractivity contribution in [2.75, 3.05) is 25.4 Å². The smallest absolute Gasteiger partial charge is 0.221 e. The van der Waals surface area contributed by atoms with Gasteiger partial charge in [-0.2, -0.15) is 0 Å². The molecule has 5 nitrogen and oxygen atoms in total. The molecule has 1 fully saturated rings. The second-order valence-corrected chi connectivity index (χ2v) is 4.83. The first-order chi connectivity index (χ1) is 8.56. The molecule has 2 atom stereocenters. The fourth-order valence-electron chi connectivity index (χ4n) is 2.35. The van der Waals surface area contributed by atoms with E-state index in [-0.39, 0.29) is 11.8 Å². The summed E-state index contributed by atoms with van der Waals surface area (Å²) >= 11 is 0. The van der Waals surface area contributed by atoms with Gasteiger partial charge >= 0.3 is 0 Å². The Hall–Kier alpha value is -1.59. The third-order valence-electron chi connectivity index (χ3n) is 3.40. The van der Waals surface area contributed by atoms with Crippen LogP contribution in [0.25, 0.3) is 0 Å². The van der Waals surface area contributed by atoms with Crippen LogP contribution in [0.1, 0.15) is 18.1 Å². The third kappa shape index (κ3) is 3.00. The molecule has 1 heterocycles. The van der Waals surface area contributed by atoms with Crippen molar-refractivity contribution in [3.05, 3.63) is 29.8 Å². The van der Waals surface area contributed by atoms with Crippen molar-refractivity contribution in [2.45, 2.75) is 12.5 Å². The molecule has 1 aromatic carbocycles. The zero-order chi connectivity index (χ0) is 13.1. The van der Waals surface area contributed by atoms with Gasteiger partial charge in [0.25, 0.3) is 0 Å². The minimum absolute atomic E-state index is 0.0851. The van der Waals surface area contributed by atoms with E-state index >= 15 is 0 Å². The van der Waals surface area contributed by atoms with E-state index in [9.17, 15) is 9.90 Å². The van der Waals surface area contributed by atoms with Gasteiger partial charge in [-0.3, -0.25) is 9.69 Å². The standard InChI is InChI=1S/C13H19N3O2/c14-11-3-1-2-9(6-11)12(17)8-16-5-4-10(7-16)13(15)18/h1-3,6,10,12,17H,4-5,7-8,14H2,(H2,15,18). The van der Waals surface area contributed by atoms with Crippen LogP contribution in [0.15, 0.2) is 24.3 Å². The summed E-state index contributed by atoms with van der Waals surface area (Å²) in [5, 5.41) is 10.1. The second kappa shape index (κ2) is 5.37. The number of aliphatic hydroxyl groups is 1. The third-order valence-corrected chi connectivity index (χ3v) is 3.40. The van der Waals surface area contributed by atoms with Gasteiger partial charge in [-0.05, 0) is 30.7 Å². The van der Waals surface area contributed by atoms with Gasteiger partial charge < -0.3 is 16.6 Å². The lowest BCUT2D eigenvalue weighted by Gasteiger charge is -2.20. The molecular weight excluding hydrogens is 230 g/mol. The lowest BCUT2D eigenvalue weighted by Crippen LogP contribution is -2.30. The fraction of sp³-hybridized carbons (Fsp3) is 0.462. The zero-order valence-electron chi connectivity index (χ0n) is 10.2. The Labute approximate surface area is 106 Å². The number of amides is 1. The highest BCUT2D eigenvalue weighted by molar-refractivity contribution is 5.77. The van der Waals surface area contributed by atoms with E-state index in [4.69, 9.17) is 11.5 Å². The van der Waals surface area contributed by atoms with Gasteiger partial charge in [0.1, 0.15) is 0 Å². The van der Waals surface area contributed by atoms with Crippen molar-refractivity contribution < 1.29 is 9.90 Å².